The molecular weight excluding hydrogens is 232 g/mol. The minimum absolute atomic E-state index is 0.148. The van der Waals surface area contributed by atoms with Crippen LogP contribution in [0.2, 0.25) is 0 Å². The van der Waals surface area contributed by atoms with Gasteiger partial charge < -0.3 is 10.0 Å². The summed E-state index contributed by atoms with van der Waals surface area (Å²) in [5.74, 6) is -0.641. The molecular formula is C13H12N2O3. The Morgan fingerprint density at radius 1 is 1.50 bits per heavy atom. The molecule has 0 unspecified atom stereocenters. The van der Waals surface area contributed by atoms with Crippen molar-refractivity contribution in [3.63, 3.8) is 0 Å². The van der Waals surface area contributed by atoms with Crippen molar-refractivity contribution in [2.45, 2.75) is 6.92 Å². The largest absolute Gasteiger partial charge is 0.480 e. The van der Waals surface area contributed by atoms with E-state index in [1.165, 1.54) is 11.8 Å². The second-order valence-electron chi connectivity index (χ2n) is 3.96. The van der Waals surface area contributed by atoms with Gasteiger partial charge in [0.1, 0.15) is 12.4 Å². The molecule has 1 aliphatic heterocycles. The molecule has 0 bridgehead atoms. The van der Waals surface area contributed by atoms with Crippen LogP contribution in [-0.4, -0.2) is 28.4 Å². The third-order valence-electron chi connectivity index (χ3n) is 2.68. The number of carbonyl (C=O) groups is 2. The highest BCUT2D eigenvalue weighted by Gasteiger charge is 2.26. The van der Waals surface area contributed by atoms with Crippen molar-refractivity contribution in [1.29, 1.82) is 0 Å². The normalized spacial score (nSPS) is 13.9. The lowest BCUT2D eigenvalue weighted by molar-refractivity contribution is -0.135. The Kier molecular flexibility index (Phi) is 2.97. The molecule has 0 aliphatic carbocycles. The first-order valence-electron chi connectivity index (χ1n) is 5.37. The topological polar surface area (TPSA) is 70.5 Å². The quantitative estimate of drug-likeness (QED) is 0.871. The van der Waals surface area contributed by atoms with Gasteiger partial charge in [0.15, 0.2) is 5.78 Å². The molecule has 92 valence electrons. The van der Waals surface area contributed by atoms with Gasteiger partial charge in [0.05, 0.1) is 0 Å². The molecule has 0 aromatic carbocycles. The standard InChI is InChI=1S/C13H12N2O3/c1-8-11(9(2)16)6-10-4-3-5-14-13(10)15(8)7-12(17)18/h3-6H,1,7H2,2H3,(H,17,18). The van der Waals surface area contributed by atoms with E-state index in [0.717, 1.165) is 5.56 Å². The average Bonchev–Trinajstić information content (AvgIpc) is 2.31. The molecule has 5 nitrogen and oxygen atoms in total. The summed E-state index contributed by atoms with van der Waals surface area (Å²) in [6.45, 7) is 4.94. The van der Waals surface area contributed by atoms with E-state index >= 15 is 0 Å². The Morgan fingerprint density at radius 3 is 2.83 bits per heavy atom. The SMILES string of the molecule is C=C1C(C(C)=O)=Cc2cccnc2N1CC(=O)O. The lowest BCUT2D eigenvalue weighted by atomic mass is 10.0. The number of hydrogen-bond acceptors (Lipinski definition) is 4. The van der Waals surface area contributed by atoms with Crippen LogP contribution in [-0.2, 0) is 9.59 Å². The van der Waals surface area contributed by atoms with E-state index in [-0.39, 0.29) is 12.3 Å². The van der Waals surface area contributed by atoms with Gasteiger partial charge in [-0.1, -0.05) is 6.58 Å². The number of Topliss-reactive ketones (excluding diaryl/α,β-unsaturated/α-hetero) is 1. The van der Waals surface area contributed by atoms with Crippen molar-refractivity contribution in [3.8, 4) is 0 Å². The van der Waals surface area contributed by atoms with Gasteiger partial charge in [0.2, 0.25) is 0 Å². The van der Waals surface area contributed by atoms with E-state index in [0.29, 0.717) is 17.1 Å². The third kappa shape index (κ3) is 2.02. The number of nitrogens with zero attached hydrogens (tertiary/aromatic N) is 2. The van der Waals surface area contributed by atoms with Crippen LogP contribution in [0, 0.1) is 0 Å². The molecule has 1 aliphatic rings. The zero-order valence-electron chi connectivity index (χ0n) is 9.88. The maximum absolute atomic E-state index is 11.5. The van der Waals surface area contributed by atoms with E-state index in [1.54, 1.807) is 24.4 Å². The number of aliphatic carboxylic acids is 1. The lowest BCUT2D eigenvalue weighted by Crippen LogP contribution is -2.33. The van der Waals surface area contributed by atoms with Gasteiger partial charge in [-0.15, -0.1) is 0 Å². The fourth-order valence-corrected chi connectivity index (χ4v) is 1.87. The molecule has 0 saturated carbocycles. The van der Waals surface area contributed by atoms with Gasteiger partial charge in [-0.05, 0) is 25.1 Å². The van der Waals surface area contributed by atoms with Crippen molar-refractivity contribution in [1.82, 2.24) is 4.98 Å². The molecule has 1 aromatic heterocycles. The molecule has 0 saturated heterocycles. The number of carbonyl (C=O) groups excluding carboxylic acids is 1. The van der Waals surface area contributed by atoms with Crippen molar-refractivity contribution in [2.24, 2.45) is 0 Å². The van der Waals surface area contributed by atoms with E-state index in [9.17, 15) is 9.59 Å². The van der Waals surface area contributed by atoms with E-state index in [2.05, 4.69) is 11.6 Å². The Morgan fingerprint density at radius 2 is 2.22 bits per heavy atom. The molecule has 1 N–H and O–H groups in total. The zero-order valence-corrected chi connectivity index (χ0v) is 9.88. The van der Waals surface area contributed by atoms with E-state index < -0.39 is 5.97 Å². The monoisotopic (exact) mass is 244 g/mol. The smallest absolute Gasteiger partial charge is 0.323 e. The molecule has 0 spiro atoms. The molecule has 18 heavy (non-hydrogen) atoms. The Hall–Kier alpha value is -2.43. The third-order valence-corrected chi connectivity index (χ3v) is 2.68. The number of anilines is 1. The number of rotatable bonds is 3. The fraction of sp³-hybridized carbons (Fsp3) is 0.154. The minimum Gasteiger partial charge on any atom is -0.480 e. The molecule has 2 heterocycles. The highest BCUT2D eigenvalue weighted by atomic mass is 16.4. The van der Waals surface area contributed by atoms with E-state index in [1.807, 2.05) is 0 Å². The Labute approximate surface area is 104 Å². The van der Waals surface area contributed by atoms with Gasteiger partial charge in [-0.25, -0.2) is 4.98 Å². The summed E-state index contributed by atoms with van der Waals surface area (Å²) in [6, 6.07) is 3.52. The van der Waals surface area contributed by atoms with Crippen molar-refractivity contribution in [2.75, 3.05) is 11.4 Å². The molecule has 2 rings (SSSR count). The summed E-state index contributed by atoms with van der Waals surface area (Å²) in [5, 5.41) is 8.92. The van der Waals surface area contributed by atoms with Crippen molar-refractivity contribution >= 4 is 23.6 Å². The number of fused-ring (bicyclic) bond motifs is 1. The van der Waals surface area contributed by atoms with E-state index in [4.69, 9.17) is 5.11 Å². The predicted molar refractivity (Wildman–Crippen MR) is 67.0 cm³/mol. The minimum atomic E-state index is -1.00. The number of carboxylic acids is 1. The van der Waals surface area contributed by atoms with Crippen LogP contribution in [0.5, 0.6) is 0 Å². The van der Waals surface area contributed by atoms with Crippen molar-refractivity contribution < 1.29 is 14.7 Å². The first-order valence-corrected chi connectivity index (χ1v) is 5.37. The van der Waals surface area contributed by atoms with Crippen LogP contribution in [0.25, 0.3) is 6.08 Å². The number of allylic oxidation sites excluding steroid dienone is 1. The lowest BCUT2D eigenvalue weighted by Gasteiger charge is -2.29. The Balaban J connectivity index is 2.55. The number of aromatic nitrogens is 1. The van der Waals surface area contributed by atoms with Crippen LogP contribution < -0.4 is 4.90 Å². The first-order chi connectivity index (χ1) is 8.50. The average molecular weight is 244 g/mol. The summed E-state index contributed by atoms with van der Waals surface area (Å²) in [5.41, 5.74) is 1.50. The summed E-state index contributed by atoms with van der Waals surface area (Å²) in [7, 11) is 0. The molecule has 0 amide bonds. The van der Waals surface area contributed by atoms with Crippen LogP contribution in [0.3, 0.4) is 0 Å². The maximum atomic E-state index is 11.5. The molecule has 1 aromatic rings. The highest BCUT2D eigenvalue weighted by molar-refractivity contribution is 6.05. The summed E-state index contributed by atoms with van der Waals surface area (Å²) in [4.78, 5) is 28.0. The van der Waals surface area contributed by atoms with Gasteiger partial charge >= 0.3 is 5.97 Å². The van der Waals surface area contributed by atoms with Crippen LogP contribution in [0.15, 0.2) is 36.2 Å². The maximum Gasteiger partial charge on any atom is 0.323 e. The second kappa shape index (κ2) is 4.44. The summed E-state index contributed by atoms with van der Waals surface area (Å²) < 4.78 is 0. The van der Waals surface area contributed by atoms with Crippen LogP contribution in [0.4, 0.5) is 5.82 Å². The predicted octanol–water partition coefficient (Wildman–Crippen LogP) is 1.47. The first kappa shape index (κ1) is 12.0. The summed E-state index contributed by atoms with van der Waals surface area (Å²) in [6.07, 6.45) is 3.26. The molecule has 0 atom stereocenters. The number of carboxylic acid groups (broad SMARTS) is 1. The van der Waals surface area contributed by atoms with Gasteiger partial charge in [-0.3, -0.25) is 9.59 Å². The number of ketones is 1. The summed E-state index contributed by atoms with van der Waals surface area (Å²) >= 11 is 0. The fourth-order valence-electron chi connectivity index (χ4n) is 1.87. The van der Waals surface area contributed by atoms with Crippen LogP contribution >= 0.6 is 0 Å². The van der Waals surface area contributed by atoms with Gasteiger partial charge in [0.25, 0.3) is 0 Å². The number of pyridine rings is 1. The number of hydrogen-bond donors (Lipinski definition) is 1. The van der Waals surface area contributed by atoms with Gasteiger partial charge in [-0.2, -0.15) is 0 Å². The van der Waals surface area contributed by atoms with Crippen molar-refractivity contribution in [3.05, 3.63) is 41.7 Å². The highest BCUT2D eigenvalue weighted by Crippen LogP contribution is 2.32. The molecule has 5 heteroatoms. The van der Waals surface area contributed by atoms with Crippen LogP contribution in [0.1, 0.15) is 12.5 Å². The second-order valence-corrected chi connectivity index (χ2v) is 3.96. The zero-order chi connectivity index (χ0) is 13.3. The Bertz CT molecular complexity index is 575. The van der Waals surface area contributed by atoms with Gasteiger partial charge in [0, 0.05) is 23.0 Å². The molecule has 0 fully saturated rings. The molecule has 0 radical (unpaired) electrons.